The van der Waals surface area contributed by atoms with Gasteiger partial charge in [-0.3, -0.25) is 4.68 Å². The number of rotatable bonds is 5. The number of hydrogen-bond acceptors (Lipinski definition) is 2. The Morgan fingerprint density at radius 3 is 2.88 bits per heavy atom. The summed E-state index contributed by atoms with van der Waals surface area (Å²) in [7, 11) is 4.01. The molecule has 0 spiro atoms. The Labute approximate surface area is 95.9 Å². The average Bonchev–Trinajstić information content (AvgIpc) is 2.83. The summed E-state index contributed by atoms with van der Waals surface area (Å²) < 4.78 is 3.98. The topological polar surface area (TPSA) is 34.8 Å². The fourth-order valence-corrected chi connectivity index (χ4v) is 1.73. The first-order valence-electron chi connectivity index (χ1n) is 5.54. The van der Waals surface area contributed by atoms with Crippen LogP contribution in [0.15, 0.2) is 30.7 Å². The van der Waals surface area contributed by atoms with Crippen molar-refractivity contribution in [1.29, 1.82) is 0 Å². The zero-order chi connectivity index (χ0) is 11.4. The summed E-state index contributed by atoms with van der Waals surface area (Å²) in [6.07, 6.45) is 7.07. The number of nitrogens with one attached hydrogen (secondary N) is 1. The Bertz CT molecular complexity index is 441. The predicted octanol–water partition coefficient (Wildman–Crippen LogP) is 1.09. The molecule has 0 radical (unpaired) electrons. The van der Waals surface area contributed by atoms with E-state index in [1.165, 1.54) is 11.3 Å². The first-order chi connectivity index (χ1) is 7.75. The Morgan fingerprint density at radius 2 is 2.25 bits per heavy atom. The van der Waals surface area contributed by atoms with Gasteiger partial charge in [0.2, 0.25) is 0 Å². The molecule has 1 N–H and O–H groups in total. The molecular weight excluding hydrogens is 200 g/mol. The van der Waals surface area contributed by atoms with Crippen LogP contribution >= 0.6 is 0 Å². The van der Waals surface area contributed by atoms with E-state index in [9.17, 15) is 0 Å². The first kappa shape index (κ1) is 11.0. The molecule has 0 fully saturated rings. The Hall–Kier alpha value is -1.55. The van der Waals surface area contributed by atoms with Crippen molar-refractivity contribution < 1.29 is 0 Å². The number of aromatic nitrogens is 3. The van der Waals surface area contributed by atoms with E-state index >= 15 is 0 Å². The molecule has 0 aliphatic rings. The molecule has 2 aromatic heterocycles. The molecule has 2 rings (SSSR count). The lowest BCUT2D eigenvalue weighted by molar-refractivity contribution is 0.652. The maximum absolute atomic E-state index is 4.14. The Morgan fingerprint density at radius 1 is 1.38 bits per heavy atom. The zero-order valence-electron chi connectivity index (χ0n) is 9.85. The second-order valence-corrected chi connectivity index (χ2v) is 4.06. The zero-order valence-corrected chi connectivity index (χ0v) is 9.85. The highest BCUT2D eigenvalue weighted by molar-refractivity contribution is 5.07. The van der Waals surface area contributed by atoms with Gasteiger partial charge in [-0.25, -0.2) is 0 Å². The third kappa shape index (κ3) is 2.73. The molecule has 16 heavy (non-hydrogen) atoms. The first-order valence-corrected chi connectivity index (χ1v) is 5.54. The van der Waals surface area contributed by atoms with E-state index in [2.05, 4.69) is 46.6 Å². The van der Waals surface area contributed by atoms with Crippen LogP contribution in [0.2, 0.25) is 0 Å². The molecule has 0 unspecified atom stereocenters. The molecule has 2 heterocycles. The van der Waals surface area contributed by atoms with Gasteiger partial charge in [0.15, 0.2) is 0 Å². The van der Waals surface area contributed by atoms with E-state index in [1.807, 2.05) is 17.9 Å². The molecule has 2 aromatic rings. The van der Waals surface area contributed by atoms with Crippen LogP contribution in [0.5, 0.6) is 0 Å². The van der Waals surface area contributed by atoms with Crippen LogP contribution in [0.4, 0.5) is 0 Å². The molecule has 0 saturated heterocycles. The summed E-state index contributed by atoms with van der Waals surface area (Å²) >= 11 is 0. The second kappa shape index (κ2) is 4.99. The molecule has 4 heteroatoms. The smallest absolute Gasteiger partial charge is 0.0522 e. The quantitative estimate of drug-likeness (QED) is 0.762. The third-order valence-corrected chi connectivity index (χ3v) is 2.71. The highest BCUT2D eigenvalue weighted by Gasteiger charge is 1.98. The lowest BCUT2D eigenvalue weighted by Gasteiger charge is -2.04. The van der Waals surface area contributed by atoms with Crippen molar-refractivity contribution >= 4 is 0 Å². The lowest BCUT2D eigenvalue weighted by Crippen LogP contribution is -2.18. The van der Waals surface area contributed by atoms with E-state index in [0.29, 0.717) is 0 Å². The molecule has 0 bridgehead atoms. The molecule has 0 atom stereocenters. The van der Waals surface area contributed by atoms with Crippen molar-refractivity contribution in [2.75, 3.05) is 6.54 Å². The minimum atomic E-state index is 0.920. The summed E-state index contributed by atoms with van der Waals surface area (Å²) in [4.78, 5) is 0. The summed E-state index contributed by atoms with van der Waals surface area (Å²) in [5.41, 5.74) is 2.59. The van der Waals surface area contributed by atoms with E-state index in [0.717, 1.165) is 19.5 Å². The number of aryl methyl sites for hydroxylation is 2. The number of nitrogens with zero attached hydrogens (tertiary/aromatic N) is 3. The standard InChI is InChI=1S/C12H18N4/c1-15-7-3-4-12(15)9-13-6-5-11-8-14-16(2)10-11/h3-4,7-8,10,13H,5-6,9H2,1-2H3. The van der Waals surface area contributed by atoms with E-state index in [-0.39, 0.29) is 0 Å². The summed E-state index contributed by atoms with van der Waals surface area (Å²) in [6.45, 7) is 1.90. The maximum atomic E-state index is 4.14. The van der Waals surface area contributed by atoms with E-state index in [1.54, 1.807) is 0 Å². The van der Waals surface area contributed by atoms with Crippen LogP contribution in [-0.2, 0) is 27.1 Å². The fraction of sp³-hybridized carbons (Fsp3) is 0.417. The second-order valence-electron chi connectivity index (χ2n) is 4.06. The van der Waals surface area contributed by atoms with Crippen molar-refractivity contribution in [2.45, 2.75) is 13.0 Å². The Kier molecular flexibility index (Phi) is 3.41. The average molecular weight is 218 g/mol. The van der Waals surface area contributed by atoms with Crippen molar-refractivity contribution in [3.63, 3.8) is 0 Å². The van der Waals surface area contributed by atoms with Gasteiger partial charge in [-0.05, 0) is 30.7 Å². The van der Waals surface area contributed by atoms with Gasteiger partial charge in [0.1, 0.15) is 0 Å². The molecule has 0 aromatic carbocycles. The van der Waals surface area contributed by atoms with Crippen LogP contribution in [0.1, 0.15) is 11.3 Å². The van der Waals surface area contributed by atoms with Crippen molar-refractivity contribution in [2.24, 2.45) is 14.1 Å². The van der Waals surface area contributed by atoms with Crippen LogP contribution in [0, 0.1) is 0 Å². The van der Waals surface area contributed by atoms with Crippen LogP contribution in [0.25, 0.3) is 0 Å². The third-order valence-electron chi connectivity index (χ3n) is 2.71. The fourth-order valence-electron chi connectivity index (χ4n) is 1.73. The summed E-state index contributed by atoms with van der Waals surface area (Å²) in [5.74, 6) is 0. The molecule has 0 amide bonds. The molecule has 0 aliphatic carbocycles. The normalized spacial score (nSPS) is 10.9. The van der Waals surface area contributed by atoms with Gasteiger partial charge < -0.3 is 9.88 Å². The van der Waals surface area contributed by atoms with Gasteiger partial charge >= 0.3 is 0 Å². The van der Waals surface area contributed by atoms with Crippen LogP contribution in [-0.4, -0.2) is 20.9 Å². The molecule has 4 nitrogen and oxygen atoms in total. The van der Waals surface area contributed by atoms with Crippen molar-refractivity contribution in [3.8, 4) is 0 Å². The van der Waals surface area contributed by atoms with Gasteiger partial charge in [0.25, 0.3) is 0 Å². The monoisotopic (exact) mass is 218 g/mol. The van der Waals surface area contributed by atoms with Gasteiger partial charge in [0.05, 0.1) is 6.20 Å². The van der Waals surface area contributed by atoms with E-state index < -0.39 is 0 Å². The van der Waals surface area contributed by atoms with Gasteiger partial charge in [-0.1, -0.05) is 0 Å². The van der Waals surface area contributed by atoms with Crippen LogP contribution in [0.3, 0.4) is 0 Å². The highest BCUT2D eigenvalue weighted by atomic mass is 15.2. The van der Waals surface area contributed by atoms with Crippen molar-refractivity contribution in [1.82, 2.24) is 19.7 Å². The molecule has 0 aliphatic heterocycles. The highest BCUT2D eigenvalue weighted by Crippen LogP contribution is 1.99. The van der Waals surface area contributed by atoms with Crippen LogP contribution < -0.4 is 5.32 Å². The largest absolute Gasteiger partial charge is 0.353 e. The predicted molar refractivity (Wildman–Crippen MR) is 64.0 cm³/mol. The molecular formula is C12H18N4. The van der Waals surface area contributed by atoms with Gasteiger partial charge in [-0.2, -0.15) is 5.10 Å². The Balaban J connectivity index is 1.71. The SMILES string of the molecule is Cn1cc(CCNCc2cccn2C)cn1. The van der Waals surface area contributed by atoms with Gasteiger partial charge in [0, 0.05) is 38.7 Å². The van der Waals surface area contributed by atoms with Crippen molar-refractivity contribution in [3.05, 3.63) is 42.0 Å². The molecule has 0 saturated carbocycles. The summed E-state index contributed by atoms with van der Waals surface area (Å²) in [6, 6.07) is 4.20. The number of hydrogen-bond donors (Lipinski definition) is 1. The van der Waals surface area contributed by atoms with Gasteiger partial charge in [-0.15, -0.1) is 0 Å². The maximum Gasteiger partial charge on any atom is 0.0522 e. The lowest BCUT2D eigenvalue weighted by atomic mass is 10.2. The molecule has 86 valence electrons. The minimum Gasteiger partial charge on any atom is -0.353 e. The van der Waals surface area contributed by atoms with E-state index in [4.69, 9.17) is 0 Å². The summed E-state index contributed by atoms with van der Waals surface area (Å²) in [5, 5.41) is 7.57. The minimum absolute atomic E-state index is 0.920.